The number of carbonyl (C=O) groups excluding carboxylic acids is 2. The lowest BCUT2D eigenvalue weighted by atomic mass is 9.96. The van der Waals surface area contributed by atoms with Gasteiger partial charge in [-0.3, -0.25) is 4.79 Å². The Morgan fingerprint density at radius 1 is 1.25 bits per heavy atom. The molecule has 1 unspecified atom stereocenters. The molecule has 0 spiro atoms. The summed E-state index contributed by atoms with van der Waals surface area (Å²) in [6, 6.07) is 7.13. The maximum Gasteiger partial charge on any atom is 0.419 e. The third-order valence-corrected chi connectivity index (χ3v) is 5.32. The minimum absolute atomic E-state index is 0.141. The van der Waals surface area contributed by atoms with Crippen molar-refractivity contribution in [1.82, 2.24) is 10.3 Å². The van der Waals surface area contributed by atoms with E-state index < -0.39 is 23.6 Å². The topological polar surface area (TPSA) is 80.8 Å². The number of rotatable bonds is 6. The van der Waals surface area contributed by atoms with Crippen LogP contribution in [0.5, 0.6) is 5.75 Å². The van der Waals surface area contributed by atoms with Crippen LogP contribution in [-0.4, -0.2) is 44.2 Å². The van der Waals surface area contributed by atoms with Gasteiger partial charge in [0, 0.05) is 25.8 Å². The molecule has 3 rings (SSSR count). The normalized spacial score (nSPS) is 16.4. The Labute approximate surface area is 183 Å². The van der Waals surface area contributed by atoms with E-state index in [2.05, 4.69) is 10.3 Å². The van der Waals surface area contributed by atoms with Gasteiger partial charge in [0.15, 0.2) is 0 Å². The maximum atomic E-state index is 13.3. The Morgan fingerprint density at radius 2 is 2.03 bits per heavy atom. The number of anilines is 1. The fourth-order valence-electron chi connectivity index (χ4n) is 3.72. The van der Waals surface area contributed by atoms with E-state index in [0.717, 1.165) is 6.07 Å². The van der Waals surface area contributed by atoms with Crippen molar-refractivity contribution in [2.45, 2.75) is 25.6 Å². The van der Waals surface area contributed by atoms with Gasteiger partial charge >= 0.3 is 12.1 Å². The van der Waals surface area contributed by atoms with E-state index in [1.54, 1.807) is 18.2 Å². The van der Waals surface area contributed by atoms with Gasteiger partial charge < -0.3 is 19.7 Å². The molecule has 1 saturated heterocycles. The number of hydrogen-bond donors (Lipinski definition) is 1. The zero-order valence-corrected chi connectivity index (χ0v) is 17.7. The van der Waals surface area contributed by atoms with Gasteiger partial charge in [-0.2, -0.15) is 13.2 Å². The summed E-state index contributed by atoms with van der Waals surface area (Å²) in [6.07, 6.45) is -2.07. The SMILES string of the molecule is COC(=O)c1cc(CNC(=O)C2CCCN(c3ncccc3C(F)(F)F)C2)ccc1OC. The summed E-state index contributed by atoms with van der Waals surface area (Å²) in [5, 5.41) is 2.81. The number of hydrogen-bond acceptors (Lipinski definition) is 6. The van der Waals surface area contributed by atoms with Crippen molar-refractivity contribution in [2.75, 3.05) is 32.2 Å². The first-order valence-electron chi connectivity index (χ1n) is 10.0. The Kier molecular flexibility index (Phi) is 7.22. The lowest BCUT2D eigenvalue weighted by molar-refractivity contribution is -0.137. The summed E-state index contributed by atoms with van der Waals surface area (Å²) in [5.74, 6) is -1.12. The minimum atomic E-state index is -4.52. The number of esters is 1. The average Bonchev–Trinajstić information content (AvgIpc) is 2.81. The van der Waals surface area contributed by atoms with Crippen LogP contribution in [-0.2, 0) is 22.3 Å². The van der Waals surface area contributed by atoms with Crippen molar-refractivity contribution in [1.29, 1.82) is 0 Å². The number of nitrogens with one attached hydrogen (secondary N) is 1. The number of benzene rings is 1. The number of aromatic nitrogens is 1. The van der Waals surface area contributed by atoms with E-state index in [1.165, 1.54) is 31.4 Å². The number of methoxy groups -OCH3 is 2. The number of alkyl halides is 3. The molecule has 1 amide bonds. The number of carbonyl (C=O) groups is 2. The molecule has 1 N–H and O–H groups in total. The van der Waals surface area contributed by atoms with Crippen LogP contribution in [0, 0.1) is 5.92 Å². The molecule has 7 nitrogen and oxygen atoms in total. The number of piperidine rings is 1. The van der Waals surface area contributed by atoms with Crippen molar-refractivity contribution < 1.29 is 32.2 Å². The first-order chi connectivity index (χ1) is 15.2. The summed E-state index contributed by atoms with van der Waals surface area (Å²) >= 11 is 0. The highest BCUT2D eigenvalue weighted by Gasteiger charge is 2.37. The molecule has 1 aliphatic rings. The molecule has 10 heteroatoms. The van der Waals surface area contributed by atoms with Crippen molar-refractivity contribution in [3.63, 3.8) is 0 Å². The fraction of sp³-hybridized carbons (Fsp3) is 0.409. The number of amides is 1. The summed E-state index contributed by atoms with van der Waals surface area (Å²) in [7, 11) is 2.70. The monoisotopic (exact) mass is 451 g/mol. The lowest BCUT2D eigenvalue weighted by Gasteiger charge is -2.34. The van der Waals surface area contributed by atoms with E-state index in [0.29, 0.717) is 30.7 Å². The molecular formula is C22H24F3N3O4. The van der Waals surface area contributed by atoms with E-state index in [4.69, 9.17) is 9.47 Å². The van der Waals surface area contributed by atoms with Crippen LogP contribution in [0.25, 0.3) is 0 Å². The third kappa shape index (κ3) is 5.30. The van der Waals surface area contributed by atoms with Gasteiger partial charge in [-0.05, 0) is 42.7 Å². The third-order valence-electron chi connectivity index (χ3n) is 5.32. The number of halogens is 3. The van der Waals surface area contributed by atoms with Crippen LogP contribution in [0.2, 0.25) is 0 Å². The summed E-state index contributed by atoms with van der Waals surface area (Å²) < 4.78 is 49.9. The number of nitrogens with zero attached hydrogens (tertiary/aromatic N) is 2. The van der Waals surface area contributed by atoms with E-state index in [1.807, 2.05) is 0 Å². The van der Waals surface area contributed by atoms with Gasteiger partial charge in [0.05, 0.1) is 25.7 Å². The average molecular weight is 451 g/mol. The minimum Gasteiger partial charge on any atom is -0.496 e. The van der Waals surface area contributed by atoms with E-state index in [-0.39, 0.29) is 30.4 Å². The molecule has 2 heterocycles. The van der Waals surface area contributed by atoms with Crippen LogP contribution in [0.4, 0.5) is 19.0 Å². The van der Waals surface area contributed by atoms with Crippen LogP contribution in [0.15, 0.2) is 36.5 Å². The predicted molar refractivity (Wildman–Crippen MR) is 110 cm³/mol. The van der Waals surface area contributed by atoms with Gasteiger partial charge in [0.2, 0.25) is 5.91 Å². The standard InChI is InChI=1S/C22H24F3N3O4/c1-31-18-8-7-14(11-16(18)21(30)32-2)12-27-20(29)15-5-4-10-28(13-15)19-17(22(23,24)25)6-3-9-26-19/h3,6-9,11,15H,4-5,10,12-13H2,1-2H3,(H,27,29). The van der Waals surface area contributed by atoms with Crippen LogP contribution < -0.4 is 15.0 Å². The Morgan fingerprint density at radius 3 is 2.72 bits per heavy atom. The van der Waals surface area contributed by atoms with Crippen molar-refractivity contribution >= 4 is 17.7 Å². The second kappa shape index (κ2) is 9.88. The van der Waals surface area contributed by atoms with Crippen LogP contribution >= 0.6 is 0 Å². The molecule has 1 aromatic carbocycles. The first-order valence-corrected chi connectivity index (χ1v) is 10.0. The Hall–Kier alpha value is -3.30. The highest BCUT2D eigenvalue weighted by Crippen LogP contribution is 2.36. The molecular weight excluding hydrogens is 427 g/mol. The fourth-order valence-corrected chi connectivity index (χ4v) is 3.72. The molecule has 0 aliphatic carbocycles. The summed E-state index contributed by atoms with van der Waals surface area (Å²) in [6.45, 7) is 0.688. The molecule has 32 heavy (non-hydrogen) atoms. The van der Waals surface area contributed by atoms with Crippen molar-refractivity contribution in [3.05, 3.63) is 53.2 Å². The van der Waals surface area contributed by atoms with E-state index in [9.17, 15) is 22.8 Å². The largest absolute Gasteiger partial charge is 0.496 e. The van der Waals surface area contributed by atoms with Crippen molar-refractivity contribution in [3.8, 4) is 5.75 Å². The van der Waals surface area contributed by atoms with E-state index >= 15 is 0 Å². The number of ether oxygens (including phenoxy) is 2. The Bertz CT molecular complexity index is 981. The highest BCUT2D eigenvalue weighted by atomic mass is 19.4. The molecule has 1 aromatic heterocycles. The van der Waals surface area contributed by atoms with Crippen LogP contribution in [0.3, 0.4) is 0 Å². The van der Waals surface area contributed by atoms with Crippen LogP contribution in [0.1, 0.15) is 34.3 Å². The first kappa shape index (κ1) is 23.4. The molecule has 0 saturated carbocycles. The molecule has 1 atom stereocenters. The van der Waals surface area contributed by atoms with Gasteiger partial charge in [0.1, 0.15) is 17.1 Å². The molecule has 1 aliphatic heterocycles. The number of pyridine rings is 1. The predicted octanol–water partition coefficient (Wildman–Crippen LogP) is 3.43. The molecule has 2 aromatic rings. The molecule has 0 bridgehead atoms. The summed E-state index contributed by atoms with van der Waals surface area (Å²) in [5.41, 5.74) is 0.0892. The highest BCUT2D eigenvalue weighted by molar-refractivity contribution is 5.92. The summed E-state index contributed by atoms with van der Waals surface area (Å²) in [4.78, 5) is 30.1. The Balaban J connectivity index is 1.68. The lowest BCUT2D eigenvalue weighted by Crippen LogP contribution is -2.43. The maximum absolute atomic E-state index is 13.3. The molecule has 0 radical (unpaired) electrons. The van der Waals surface area contributed by atoms with Gasteiger partial charge in [0.25, 0.3) is 0 Å². The second-order valence-electron chi connectivity index (χ2n) is 7.40. The molecule has 1 fully saturated rings. The zero-order chi connectivity index (χ0) is 23.3. The van der Waals surface area contributed by atoms with Gasteiger partial charge in [-0.25, -0.2) is 9.78 Å². The smallest absolute Gasteiger partial charge is 0.419 e. The van der Waals surface area contributed by atoms with Gasteiger partial charge in [-0.1, -0.05) is 6.07 Å². The molecule has 172 valence electrons. The van der Waals surface area contributed by atoms with Gasteiger partial charge in [-0.15, -0.1) is 0 Å². The quantitative estimate of drug-likeness (QED) is 0.678. The second-order valence-corrected chi connectivity index (χ2v) is 7.40. The zero-order valence-electron chi connectivity index (χ0n) is 17.7. The van der Waals surface area contributed by atoms with Crippen molar-refractivity contribution in [2.24, 2.45) is 5.92 Å².